The SMILES string of the molecule is Cc1ccc(OS(=O)(=O)[O-])c2c1C[C@H]1[C@]3(C)CC[C@@H]4[C@](C)(CC[C@@H]5O[C@@]6(C)CCCC(C)(C)[C@@H]6CC[C@@]45C)[C@H]3CC[C@]21C.[Na+]. The third-order valence-electron chi connectivity index (χ3n) is 15.6. The van der Waals surface area contributed by atoms with Crippen LogP contribution in [0.25, 0.3) is 0 Å². The van der Waals surface area contributed by atoms with Gasteiger partial charge in [-0.1, -0.05) is 54.0 Å². The molecule has 4 saturated carbocycles. The number of hydrogen-bond donors (Lipinski definition) is 0. The minimum absolute atomic E-state index is 0. The smallest absolute Gasteiger partial charge is 0.716 e. The van der Waals surface area contributed by atoms with Crippen LogP contribution in [-0.2, 0) is 27.0 Å². The van der Waals surface area contributed by atoms with E-state index >= 15 is 0 Å². The Labute approximate surface area is 289 Å². The molecule has 0 radical (unpaired) electrons. The summed E-state index contributed by atoms with van der Waals surface area (Å²) in [5.41, 5.74) is 4.14. The second-order valence-electron chi connectivity index (χ2n) is 18.0. The summed E-state index contributed by atoms with van der Waals surface area (Å²) in [4.78, 5) is 0. The predicted octanol–water partition coefficient (Wildman–Crippen LogP) is 5.66. The first-order valence-electron chi connectivity index (χ1n) is 17.3. The third-order valence-corrected chi connectivity index (χ3v) is 16.0. The predicted molar refractivity (Wildman–Crippen MR) is 169 cm³/mol. The van der Waals surface area contributed by atoms with Crippen molar-refractivity contribution in [2.75, 3.05) is 0 Å². The van der Waals surface area contributed by atoms with Crippen molar-refractivity contribution >= 4 is 10.4 Å². The third kappa shape index (κ3) is 4.64. The van der Waals surface area contributed by atoms with E-state index < -0.39 is 10.4 Å². The van der Waals surface area contributed by atoms with E-state index in [-0.39, 0.29) is 62.6 Å². The van der Waals surface area contributed by atoms with Gasteiger partial charge in [0.1, 0.15) is 5.75 Å². The standard InChI is InChI=1S/C37H56O5S.Na/c1-23-10-11-25(42-43(38,39)40)31-24(23)22-29-34(5)18-13-28-33(4,27(34)14-20-36(29,31)7)21-15-30-35(28,6)19-12-26-32(2,3)16-9-17-37(26,8)41-30;/h10-11,26-30H,9,12-22H2,1-8H3,(H,38,39,40);/q;+1/p-1/t26-,27+,28+,29-,30-,33+,34+,35-,36-,37-;/m0./s1. The maximum atomic E-state index is 11.8. The van der Waals surface area contributed by atoms with Crippen LogP contribution < -0.4 is 33.7 Å². The Bertz CT molecular complexity index is 1440. The molecule has 44 heavy (non-hydrogen) atoms. The summed E-state index contributed by atoms with van der Waals surface area (Å²) in [6.45, 7) is 19.7. The van der Waals surface area contributed by atoms with E-state index in [0.717, 1.165) is 24.8 Å². The first-order valence-corrected chi connectivity index (χ1v) is 18.7. The van der Waals surface area contributed by atoms with E-state index in [1.807, 2.05) is 6.07 Å². The van der Waals surface area contributed by atoms with Crippen molar-refractivity contribution in [3.63, 3.8) is 0 Å². The van der Waals surface area contributed by atoms with E-state index in [9.17, 15) is 13.0 Å². The molecule has 1 heterocycles. The Balaban J connectivity index is 0.00000343. The van der Waals surface area contributed by atoms with Gasteiger partial charge in [0, 0.05) is 11.0 Å². The average molecular weight is 635 g/mol. The van der Waals surface area contributed by atoms with Crippen LogP contribution in [0.15, 0.2) is 12.1 Å². The van der Waals surface area contributed by atoms with Crippen molar-refractivity contribution < 1.29 is 51.4 Å². The molecule has 240 valence electrons. The second-order valence-corrected chi connectivity index (χ2v) is 19.0. The van der Waals surface area contributed by atoms with Gasteiger partial charge in [-0.25, -0.2) is 8.42 Å². The van der Waals surface area contributed by atoms with Crippen molar-refractivity contribution in [3.8, 4) is 5.75 Å². The molecular formula is C37H55NaO5S. The van der Waals surface area contributed by atoms with Crippen LogP contribution in [0.2, 0.25) is 0 Å². The Morgan fingerprint density at radius 1 is 0.773 bits per heavy atom. The number of ether oxygens (including phenoxy) is 1. The molecule has 0 amide bonds. The normalized spacial score (nSPS) is 47.3. The van der Waals surface area contributed by atoms with Crippen LogP contribution >= 0.6 is 0 Å². The first kappa shape index (κ1) is 33.8. The van der Waals surface area contributed by atoms with Crippen LogP contribution in [0.3, 0.4) is 0 Å². The van der Waals surface area contributed by atoms with Gasteiger partial charge in [-0.05, 0) is 147 Å². The van der Waals surface area contributed by atoms with E-state index in [1.165, 1.54) is 68.9 Å². The van der Waals surface area contributed by atoms with Gasteiger partial charge in [-0.15, -0.1) is 0 Å². The molecule has 0 bridgehead atoms. The van der Waals surface area contributed by atoms with Gasteiger partial charge in [0.15, 0.2) is 0 Å². The molecule has 0 N–H and O–H groups in total. The summed E-state index contributed by atoms with van der Waals surface area (Å²) in [6.07, 6.45) is 14.7. The monoisotopic (exact) mass is 634 g/mol. The van der Waals surface area contributed by atoms with E-state index in [2.05, 4.69) is 55.4 Å². The van der Waals surface area contributed by atoms with Gasteiger partial charge in [0.2, 0.25) is 0 Å². The van der Waals surface area contributed by atoms with Gasteiger partial charge in [-0.2, -0.15) is 0 Å². The summed E-state index contributed by atoms with van der Waals surface area (Å²) >= 11 is 0. The molecule has 0 spiro atoms. The van der Waals surface area contributed by atoms with Gasteiger partial charge < -0.3 is 13.5 Å². The molecule has 5 aliphatic carbocycles. The fraction of sp³-hybridized carbons (Fsp3) is 0.838. The summed E-state index contributed by atoms with van der Waals surface area (Å²) < 4.78 is 47.8. The van der Waals surface area contributed by atoms with Crippen molar-refractivity contribution in [1.29, 1.82) is 0 Å². The molecule has 7 rings (SSSR count). The zero-order valence-corrected chi connectivity index (χ0v) is 31.8. The van der Waals surface area contributed by atoms with Crippen LogP contribution in [0.4, 0.5) is 0 Å². The summed E-state index contributed by atoms with van der Waals surface area (Å²) in [5, 5.41) is 0. The molecule has 10 atom stereocenters. The van der Waals surface area contributed by atoms with Crippen LogP contribution in [0.1, 0.15) is 136 Å². The molecule has 5 nitrogen and oxygen atoms in total. The van der Waals surface area contributed by atoms with Gasteiger partial charge in [-0.3, -0.25) is 0 Å². The molecule has 5 fully saturated rings. The van der Waals surface area contributed by atoms with Crippen LogP contribution in [0, 0.1) is 52.3 Å². The molecule has 0 aromatic heterocycles. The van der Waals surface area contributed by atoms with Crippen molar-refractivity contribution in [1.82, 2.24) is 0 Å². The fourth-order valence-electron chi connectivity index (χ4n) is 13.8. The van der Waals surface area contributed by atoms with E-state index in [1.54, 1.807) is 6.07 Å². The molecule has 1 saturated heterocycles. The molecule has 6 aliphatic rings. The van der Waals surface area contributed by atoms with Crippen molar-refractivity contribution in [2.24, 2.45) is 45.3 Å². The number of aryl methyl sites for hydroxylation is 1. The van der Waals surface area contributed by atoms with Crippen LogP contribution in [0.5, 0.6) is 5.75 Å². The fourth-order valence-corrected chi connectivity index (χ4v) is 14.1. The van der Waals surface area contributed by atoms with Crippen molar-refractivity contribution in [3.05, 3.63) is 28.8 Å². The Morgan fingerprint density at radius 3 is 2.07 bits per heavy atom. The number of benzene rings is 1. The molecular weight excluding hydrogens is 579 g/mol. The van der Waals surface area contributed by atoms with E-state index in [4.69, 9.17) is 8.92 Å². The Hall–Kier alpha value is -0.110. The number of rotatable bonds is 2. The largest absolute Gasteiger partial charge is 1.00 e. The second kappa shape index (κ2) is 10.4. The topological polar surface area (TPSA) is 75.7 Å². The molecule has 1 aliphatic heterocycles. The van der Waals surface area contributed by atoms with Crippen LogP contribution in [-0.4, -0.2) is 24.7 Å². The molecule has 1 aromatic rings. The molecule has 1 aromatic carbocycles. The number of fused-ring (bicyclic) bond motifs is 10. The first-order chi connectivity index (χ1) is 19.9. The quantitative estimate of drug-likeness (QED) is 0.238. The van der Waals surface area contributed by atoms with Gasteiger partial charge in [0.05, 0.1) is 11.7 Å². The summed E-state index contributed by atoms with van der Waals surface area (Å²) in [7, 11) is -4.84. The Morgan fingerprint density at radius 2 is 1.36 bits per heavy atom. The van der Waals surface area contributed by atoms with E-state index in [0.29, 0.717) is 35.2 Å². The molecule has 0 unspecified atom stereocenters. The zero-order valence-electron chi connectivity index (χ0n) is 29.0. The summed E-state index contributed by atoms with van der Waals surface area (Å²) in [6, 6.07) is 3.66. The summed E-state index contributed by atoms with van der Waals surface area (Å²) in [5.74, 6) is 2.57. The maximum Gasteiger partial charge on any atom is 1.00 e. The minimum atomic E-state index is -4.84. The van der Waals surface area contributed by atoms with Crippen molar-refractivity contribution in [2.45, 2.75) is 150 Å². The van der Waals surface area contributed by atoms with Gasteiger partial charge in [0.25, 0.3) is 10.4 Å². The molecule has 7 heteroatoms. The Kier molecular flexibility index (Phi) is 8.02. The maximum absolute atomic E-state index is 11.8. The number of hydrogen-bond acceptors (Lipinski definition) is 5. The average Bonchev–Trinajstić information content (AvgIpc) is 3.15. The van der Waals surface area contributed by atoms with Gasteiger partial charge >= 0.3 is 29.6 Å². The zero-order chi connectivity index (χ0) is 31.0. The minimum Gasteiger partial charge on any atom is -0.716 e.